The summed E-state index contributed by atoms with van der Waals surface area (Å²) in [5.74, 6) is 0.0104. The minimum atomic E-state index is -3.15. The fraction of sp³-hybridized carbons (Fsp3) is 0.176. The minimum absolute atomic E-state index is 0.0104. The summed E-state index contributed by atoms with van der Waals surface area (Å²) >= 11 is 1.29. The van der Waals surface area contributed by atoms with E-state index in [-0.39, 0.29) is 17.5 Å². The smallest absolute Gasteiger partial charge is 0.283 e. The Morgan fingerprint density at radius 2 is 1.96 bits per heavy atom. The van der Waals surface area contributed by atoms with Crippen LogP contribution in [0.4, 0.5) is 11.4 Å². The highest BCUT2D eigenvalue weighted by molar-refractivity contribution is 7.99. The zero-order valence-electron chi connectivity index (χ0n) is 13.4. The van der Waals surface area contributed by atoms with Gasteiger partial charge in [0, 0.05) is 22.1 Å². The van der Waals surface area contributed by atoms with Gasteiger partial charge in [0.15, 0.2) is 9.84 Å². The number of nitro groups is 1. The first-order chi connectivity index (χ1) is 11.8. The SMILES string of the molecule is Cc1ccc(NC2C=CS(=O)(=O)C2)c(Sc2ccccc2[N+](=O)[O-])c1. The molecule has 0 fully saturated rings. The minimum Gasteiger partial charge on any atom is -0.377 e. The van der Waals surface area contributed by atoms with E-state index in [2.05, 4.69) is 5.32 Å². The lowest BCUT2D eigenvalue weighted by atomic mass is 10.2. The van der Waals surface area contributed by atoms with Gasteiger partial charge in [0.1, 0.15) is 0 Å². The Morgan fingerprint density at radius 3 is 2.64 bits per heavy atom. The molecule has 0 saturated heterocycles. The van der Waals surface area contributed by atoms with Crippen LogP contribution in [0.15, 0.2) is 63.7 Å². The molecule has 0 amide bonds. The van der Waals surface area contributed by atoms with E-state index in [0.717, 1.165) is 16.1 Å². The van der Waals surface area contributed by atoms with Gasteiger partial charge >= 0.3 is 0 Å². The molecule has 1 atom stereocenters. The van der Waals surface area contributed by atoms with Gasteiger partial charge in [0.25, 0.3) is 5.69 Å². The molecule has 3 rings (SSSR count). The summed E-state index contributed by atoms with van der Waals surface area (Å²) in [6.07, 6.45) is 1.62. The first kappa shape index (κ1) is 17.5. The molecule has 1 aliphatic heterocycles. The molecule has 1 aliphatic rings. The van der Waals surface area contributed by atoms with Gasteiger partial charge in [-0.05, 0) is 30.7 Å². The van der Waals surface area contributed by atoms with E-state index < -0.39 is 14.8 Å². The topological polar surface area (TPSA) is 89.3 Å². The number of nitro benzene ring substituents is 1. The van der Waals surface area contributed by atoms with E-state index in [9.17, 15) is 18.5 Å². The molecule has 0 saturated carbocycles. The van der Waals surface area contributed by atoms with Crippen molar-refractivity contribution in [2.75, 3.05) is 11.1 Å². The molecule has 0 aromatic heterocycles. The van der Waals surface area contributed by atoms with Crippen molar-refractivity contribution < 1.29 is 13.3 Å². The normalized spacial score (nSPS) is 18.2. The molecule has 8 heteroatoms. The van der Waals surface area contributed by atoms with Crippen LogP contribution in [0, 0.1) is 17.0 Å². The second kappa shape index (κ2) is 6.89. The number of hydrogen-bond donors (Lipinski definition) is 1. The van der Waals surface area contributed by atoms with Crippen molar-refractivity contribution in [3.05, 3.63) is 69.6 Å². The summed E-state index contributed by atoms with van der Waals surface area (Å²) in [6.45, 7) is 1.94. The second-order valence-corrected chi connectivity index (χ2v) is 8.75. The Hall–Kier alpha value is -2.32. The van der Waals surface area contributed by atoms with Crippen LogP contribution < -0.4 is 5.32 Å². The summed E-state index contributed by atoms with van der Waals surface area (Å²) in [5.41, 5.74) is 1.81. The van der Waals surface area contributed by atoms with Gasteiger partial charge in [-0.2, -0.15) is 0 Å². The highest BCUT2D eigenvalue weighted by atomic mass is 32.2. The summed E-state index contributed by atoms with van der Waals surface area (Å²) in [6, 6.07) is 12.0. The number of nitrogens with one attached hydrogen (secondary N) is 1. The lowest BCUT2D eigenvalue weighted by Crippen LogP contribution is -2.21. The van der Waals surface area contributed by atoms with E-state index in [0.29, 0.717) is 4.90 Å². The Bertz CT molecular complexity index is 955. The van der Waals surface area contributed by atoms with E-state index in [1.165, 1.54) is 23.2 Å². The predicted molar refractivity (Wildman–Crippen MR) is 98.7 cm³/mol. The molecule has 0 bridgehead atoms. The van der Waals surface area contributed by atoms with Crippen LogP contribution in [-0.4, -0.2) is 25.1 Å². The molecule has 1 heterocycles. The zero-order chi connectivity index (χ0) is 18.0. The summed E-state index contributed by atoms with van der Waals surface area (Å²) in [7, 11) is -3.15. The quantitative estimate of drug-likeness (QED) is 0.631. The number of benzene rings is 2. The van der Waals surface area contributed by atoms with Crippen LogP contribution in [0.2, 0.25) is 0 Å². The number of sulfone groups is 1. The van der Waals surface area contributed by atoms with Gasteiger partial charge < -0.3 is 5.32 Å². The van der Waals surface area contributed by atoms with Gasteiger partial charge in [0.2, 0.25) is 0 Å². The second-order valence-electron chi connectivity index (χ2n) is 5.74. The Kier molecular flexibility index (Phi) is 4.82. The molecule has 130 valence electrons. The first-order valence-corrected chi connectivity index (χ1v) is 10.1. The fourth-order valence-electron chi connectivity index (χ4n) is 2.51. The maximum Gasteiger partial charge on any atom is 0.283 e. The van der Waals surface area contributed by atoms with E-state index >= 15 is 0 Å². The Labute approximate surface area is 150 Å². The summed E-state index contributed by atoms with van der Waals surface area (Å²) in [4.78, 5) is 12.2. The largest absolute Gasteiger partial charge is 0.377 e. The number of para-hydroxylation sites is 1. The first-order valence-electron chi connectivity index (χ1n) is 7.53. The Balaban J connectivity index is 1.90. The van der Waals surface area contributed by atoms with Crippen molar-refractivity contribution in [3.8, 4) is 0 Å². The van der Waals surface area contributed by atoms with Crippen molar-refractivity contribution >= 4 is 33.0 Å². The van der Waals surface area contributed by atoms with Gasteiger partial charge in [0.05, 0.1) is 21.6 Å². The molecule has 25 heavy (non-hydrogen) atoms. The predicted octanol–water partition coefficient (Wildman–Crippen LogP) is 3.78. The van der Waals surface area contributed by atoms with Crippen LogP contribution in [0.5, 0.6) is 0 Å². The van der Waals surface area contributed by atoms with Gasteiger partial charge in [-0.3, -0.25) is 10.1 Å². The third-order valence-corrected chi connectivity index (χ3v) is 6.21. The molecular formula is C17H16N2O4S2. The van der Waals surface area contributed by atoms with Crippen LogP contribution in [0.1, 0.15) is 5.56 Å². The number of nitrogens with zero attached hydrogens (tertiary/aromatic N) is 1. The highest BCUT2D eigenvalue weighted by Gasteiger charge is 2.23. The molecule has 2 aromatic carbocycles. The van der Waals surface area contributed by atoms with Gasteiger partial charge in [-0.15, -0.1) is 0 Å². The number of hydrogen-bond acceptors (Lipinski definition) is 6. The highest BCUT2D eigenvalue weighted by Crippen LogP contribution is 2.39. The van der Waals surface area contributed by atoms with Crippen molar-refractivity contribution in [3.63, 3.8) is 0 Å². The molecule has 2 aromatic rings. The number of anilines is 1. The average Bonchev–Trinajstić information content (AvgIpc) is 2.89. The van der Waals surface area contributed by atoms with Crippen LogP contribution in [0.3, 0.4) is 0 Å². The molecule has 0 radical (unpaired) electrons. The fourth-order valence-corrected chi connectivity index (χ4v) is 4.86. The third kappa shape index (κ3) is 4.21. The van der Waals surface area contributed by atoms with Crippen molar-refractivity contribution in [1.82, 2.24) is 0 Å². The maximum atomic E-state index is 11.6. The maximum absolute atomic E-state index is 11.6. The van der Waals surface area contributed by atoms with Crippen LogP contribution in [0.25, 0.3) is 0 Å². The van der Waals surface area contributed by atoms with Gasteiger partial charge in [-0.1, -0.05) is 36.0 Å². The summed E-state index contributed by atoms with van der Waals surface area (Å²) in [5, 5.41) is 15.6. The molecule has 6 nitrogen and oxygen atoms in total. The number of rotatable bonds is 5. The molecule has 1 N–H and O–H groups in total. The molecular weight excluding hydrogens is 360 g/mol. The molecule has 1 unspecified atom stereocenters. The van der Waals surface area contributed by atoms with Crippen LogP contribution in [-0.2, 0) is 9.84 Å². The third-order valence-electron chi connectivity index (χ3n) is 3.69. The summed E-state index contributed by atoms with van der Waals surface area (Å²) < 4.78 is 23.1. The van der Waals surface area contributed by atoms with E-state index in [4.69, 9.17) is 0 Å². The lowest BCUT2D eigenvalue weighted by Gasteiger charge is -2.16. The Morgan fingerprint density at radius 1 is 1.20 bits per heavy atom. The number of aryl methyl sites for hydroxylation is 1. The average molecular weight is 376 g/mol. The van der Waals surface area contributed by atoms with E-state index in [1.54, 1.807) is 24.3 Å². The molecule has 0 aliphatic carbocycles. The lowest BCUT2D eigenvalue weighted by molar-refractivity contribution is -0.387. The van der Waals surface area contributed by atoms with Crippen molar-refractivity contribution in [1.29, 1.82) is 0 Å². The zero-order valence-corrected chi connectivity index (χ0v) is 15.0. The monoisotopic (exact) mass is 376 g/mol. The van der Waals surface area contributed by atoms with Crippen molar-refractivity contribution in [2.24, 2.45) is 0 Å². The molecule has 0 spiro atoms. The van der Waals surface area contributed by atoms with Crippen LogP contribution >= 0.6 is 11.8 Å². The standard InChI is InChI=1S/C17H16N2O4S2/c1-12-6-7-14(18-13-8-9-25(22,23)11-13)17(10-12)24-16-5-3-2-4-15(16)19(20)21/h2-10,13,18H,11H2,1H3. The van der Waals surface area contributed by atoms with Gasteiger partial charge in [-0.25, -0.2) is 8.42 Å². The van der Waals surface area contributed by atoms with E-state index in [1.807, 2.05) is 25.1 Å². The van der Waals surface area contributed by atoms with Crippen molar-refractivity contribution in [2.45, 2.75) is 22.8 Å².